The lowest BCUT2D eigenvalue weighted by Crippen LogP contribution is -2.22. The van der Waals surface area contributed by atoms with Crippen LogP contribution < -0.4 is 5.84 Å². The lowest BCUT2D eigenvalue weighted by atomic mass is 10.0. The van der Waals surface area contributed by atoms with Crippen molar-refractivity contribution in [1.29, 1.82) is 0 Å². The van der Waals surface area contributed by atoms with Crippen LogP contribution in [0.4, 0.5) is 0 Å². The highest BCUT2D eigenvalue weighted by Crippen LogP contribution is 2.22. The number of ketones is 1. The second-order valence-electron chi connectivity index (χ2n) is 2.63. The molecule has 0 bridgehead atoms. The van der Waals surface area contributed by atoms with Gasteiger partial charge >= 0.3 is 0 Å². The Bertz CT molecular complexity index is 299. The third-order valence-electron chi connectivity index (χ3n) is 1.80. The second-order valence-corrected chi connectivity index (χ2v) is 2.63. The maximum Gasteiger partial charge on any atom is 0.187 e. The Morgan fingerprint density at radius 3 is 3.09 bits per heavy atom. The topological polar surface area (TPSA) is 46.3 Å². The van der Waals surface area contributed by atoms with E-state index in [-0.39, 0.29) is 5.78 Å². The smallest absolute Gasteiger partial charge is 0.187 e. The lowest BCUT2D eigenvalue weighted by Gasteiger charge is -2.05. The van der Waals surface area contributed by atoms with Crippen LogP contribution in [0, 0.1) is 0 Å². The molecular formula is C8H8N2O. The summed E-state index contributed by atoms with van der Waals surface area (Å²) in [5.41, 5.74) is 1.75. The van der Waals surface area contributed by atoms with E-state index in [1.165, 1.54) is 5.01 Å². The van der Waals surface area contributed by atoms with Gasteiger partial charge in [0.1, 0.15) is 0 Å². The molecule has 0 atom stereocenters. The number of rotatable bonds is 0. The molecule has 1 aliphatic carbocycles. The Morgan fingerprint density at radius 1 is 1.55 bits per heavy atom. The number of hydrazine groups is 1. The molecule has 2 N–H and O–H groups in total. The first-order valence-electron chi connectivity index (χ1n) is 3.42. The van der Waals surface area contributed by atoms with Gasteiger partial charge in [-0.25, -0.2) is 5.84 Å². The van der Waals surface area contributed by atoms with Crippen LogP contribution >= 0.6 is 0 Å². The van der Waals surface area contributed by atoms with Crippen molar-refractivity contribution in [2.45, 2.75) is 0 Å². The van der Waals surface area contributed by atoms with Crippen molar-refractivity contribution >= 4 is 5.78 Å². The first kappa shape index (κ1) is 6.37. The molecule has 1 aliphatic heterocycles. The number of nitrogens with two attached hydrogens (primary N) is 1. The summed E-state index contributed by atoms with van der Waals surface area (Å²) in [7, 11) is 0. The Morgan fingerprint density at radius 2 is 2.36 bits per heavy atom. The van der Waals surface area contributed by atoms with E-state index in [2.05, 4.69) is 0 Å². The summed E-state index contributed by atoms with van der Waals surface area (Å²) in [5.74, 6) is 5.54. The van der Waals surface area contributed by atoms with Gasteiger partial charge in [0.15, 0.2) is 5.78 Å². The van der Waals surface area contributed by atoms with Crippen LogP contribution in [-0.4, -0.2) is 17.3 Å². The van der Waals surface area contributed by atoms with Gasteiger partial charge in [-0.05, 0) is 11.6 Å². The van der Waals surface area contributed by atoms with Gasteiger partial charge < -0.3 is 5.01 Å². The normalized spacial score (nSPS) is 21.5. The minimum Gasteiger partial charge on any atom is -0.313 e. The molecule has 0 saturated heterocycles. The zero-order valence-corrected chi connectivity index (χ0v) is 5.95. The van der Waals surface area contributed by atoms with Gasteiger partial charge in [-0.1, -0.05) is 12.2 Å². The van der Waals surface area contributed by atoms with Gasteiger partial charge in [-0.3, -0.25) is 4.79 Å². The molecule has 0 aromatic rings. The van der Waals surface area contributed by atoms with Crippen LogP contribution in [0.2, 0.25) is 0 Å². The predicted octanol–water partition coefficient (Wildman–Crippen LogP) is 0.125. The number of carbonyl (C=O) groups excluding carboxylic acids is 1. The maximum atomic E-state index is 11.1. The third kappa shape index (κ3) is 0.897. The molecule has 0 fully saturated rings. The van der Waals surface area contributed by atoms with Crippen LogP contribution in [0.5, 0.6) is 0 Å². The minimum absolute atomic E-state index is 0.0513. The fourth-order valence-corrected chi connectivity index (χ4v) is 1.28. The first-order valence-corrected chi connectivity index (χ1v) is 3.42. The molecule has 56 valence electrons. The standard InChI is InChI=1S/C8H8N2O/c9-10-4-6-2-1-3-8(11)7(6)5-10/h1-3,5H,4,9H2. The molecule has 0 saturated carbocycles. The fraction of sp³-hybridized carbons (Fsp3) is 0.125. The molecule has 0 unspecified atom stereocenters. The van der Waals surface area contributed by atoms with Gasteiger partial charge in [-0.2, -0.15) is 0 Å². The number of nitrogens with zero attached hydrogens (tertiary/aromatic N) is 1. The molecule has 3 heteroatoms. The zero-order chi connectivity index (χ0) is 7.84. The summed E-state index contributed by atoms with van der Waals surface area (Å²) in [5, 5.41) is 1.52. The molecular weight excluding hydrogens is 140 g/mol. The molecule has 2 rings (SSSR count). The van der Waals surface area contributed by atoms with Crippen molar-refractivity contribution in [3.05, 3.63) is 35.6 Å². The summed E-state index contributed by atoms with van der Waals surface area (Å²) >= 11 is 0. The van der Waals surface area contributed by atoms with Gasteiger partial charge in [0.25, 0.3) is 0 Å². The first-order chi connectivity index (χ1) is 5.27. The molecule has 0 spiro atoms. The Hall–Kier alpha value is -1.35. The van der Waals surface area contributed by atoms with Gasteiger partial charge in [0, 0.05) is 11.8 Å². The molecule has 3 nitrogen and oxygen atoms in total. The van der Waals surface area contributed by atoms with E-state index in [1.54, 1.807) is 18.4 Å². The lowest BCUT2D eigenvalue weighted by molar-refractivity contribution is -0.111. The highest BCUT2D eigenvalue weighted by molar-refractivity contribution is 6.09. The Kier molecular flexibility index (Phi) is 1.20. The Labute approximate surface area is 64.4 Å². The van der Waals surface area contributed by atoms with E-state index in [0.29, 0.717) is 6.54 Å². The largest absolute Gasteiger partial charge is 0.313 e. The molecule has 0 aromatic heterocycles. The van der Waals surface area contributed by atoms with Crippen molar-refractivity contribution in [2.24, 2.45) is 5.84 Å². The van der Waals surface area contributed by atoms with Crippen LogP contribution in [0.15, 0.2) is 35.6 Å². The van der Waals surface area contributed by atoms with Crippen molar-refractivity contribution in [3.63, 3.8) is 0 Å². The monoisotopic (exact) mass is 148 g/mol. The Balaban J connectivity index is 2.44. The SMILES string of the molecule is NN1C=C2C(=O)C=CC=C2C1. The molecule has 0 radical (unpaired) electrons. The van der Waals surface area contributed by atoms with Crippen molar-refractivity contribution in [3.8, 4) is 0 Å². The van der Waals surface area contributed by atoms with Gasteiger partial charge in [0.05, 0.1) is 6.54 Å². The maximum absolute atomic E-state index is 11.1. The minimum atomic E-state index is 0.0513. The summed E-state index contributed by atoms with van der Waals surface area (Å²) in [6.45, 7) is 0.644. The van der Waals surface area contributed by atoms with Crippen molar-refractivity contribution in [1.82, 2.24) is 5.01 Å². The van der Waals surface area contributed by atoms with E-state index in [9.17, 15) is 4.79 Å². The van der Waals surface area contributed by atoms with Crippen molar-refractivity contribution in [2.75, 3.05) is 6.54 Å². The van der Waals surface area contributed by atoms with E-state index >= 15 is 0 Å². The van der Waals surface area contributed by atoms with Crippen LogP contribution in [-0.2, 0) is 4.79 Å². The summed E-state index contributed by atoms with van der Waals surface area (Å²) < 4.78 is 0. The molecule has 0 aromatic carbocycles. The van der Waals surface area contributed by atoms with Crippen LogP contribution in [0.25, 0.3) is 0 Å². The number of hydrogen-bond donors (Lipinski definition) is 1. The predicted molar refractivity (Wildman–Crippen MR) is 41.2 cm³/mol. The highest BCUT2D eigenvalue weighted by Gasteiger charge is 2.21. The van der Waals surface area contributed by atoms with E-state index in [1.807, 2.05) is 6.08 Å². The van der Waals surface area contributed by atoms with Crippen LogP contribution in [0.3, 0.4) is 0 Å². The number of carbonyl (C=O) groups is 1. The highest BCUT2D eigenvalue weighted by atomic mass is 16.1. The average molecular weight is 148 g/mol. The number of hydrogen-bond acceptors (Lipinski definition) is 3. The fourth-order valence-electron chi connectivity index (χ4n) is 1.28. The summed E-state index contributed by atoms with van der Waals surface area (Å²) in [6.07, 6.45) is 6.90. The zero-order valence-electron chi connectivity index (χ0n) is 5.95. The summed E-state index contributed by atoms with van der Waals surface area (Å²) in [4.78, 5) is 11.1. The quantitative estimate of drug-likeness (QED) is 0.496. The van der Waals surface area contributed by atoms with Crippen LogP contribution in [0.1, 0.15) is 0 Å². The second kappa shape index (κ2) is 2.07. The molecule has 1 heterocycles. The average Bonchev–Trinajstić information content (AvgIpc) is 2.31. The third-order valence-corrected chi connectivity index (χ3v) is 1.80. The van der Waals surface area contributed by atoms with E-state index < -0.39 is 0 Å². The number of fused-ring (bicyclic) bond motifs is 1. The van der Waals surface area contributed by atoms with E-state index in [4.69, 9.17) is 5.84 Å². The molecule has 11 heavy (non-hydrogen) atoms. The van der Waals surface area contributed by atoms with E-state index in [0.717, 1.165) is 11.1 Å². The van der Waals surface area contributed by atoms with Gasteiger partial charge in [0.2, 0.25) is 0 Å². The molecule has 2 aliphatic rings. The van der Waals surface area contributed by atoms with Gasteiger partial charge in [-0.15, -0.1) is 0 Å². The number of allylic oxidation sites excluding steroid dienone is 3. The summed E-state index contributed by atoms with van der Waals surface area (Å²) in [6, 6.07) is 0. The molecule has 0 amide bonds. The van der Waals surface area contributed by atoms with Crippen molar-refractivity contribution < 1.29 is 4.79 Å².